The summed E-state index contributed by atoms with van der Waals surface area (Å²) in [6.45, 7) is -0.0510. The van der Waals surface area contributed by atoms with E-state index in [1.807, 2.05) is 0 Å². The summed E-state index contributed by atoms with van der Waals surface area (Å²) >= 11 is 0. The van der Waals surface area contributed by atoms with Crippen LogP contribution in [-0.4, -0.2) is 38.3 Å². The fourth-order valence-corrected chi connectivity index (χ4v) is 4.59. The number of rotatable bonds is 8. The van der Waals surface area contributed by atoms with E-state index in [9.17, 15) is 35.2 Å². The lowest BCUT2D eigenvalue weighted by molar-refractivity contribution is -0.149. The number of aromatic nitrogens is 1. The molecule has 2 N–H and O–H groups in total. The second kappa shape index (κ2) is 10.00. The highest BCUT2D eigenvalue weighted by atomic mass is 32.2. The van der Waals surface area contributed by atoms with Crippen molar-refractivity contribution in [3.63, 3.8) is 0 Å². The summed E-state index contributed by atoms with van der Waals surface area (Å²) in [6, 6.07) is 6.19. The van der Waals surface area contributed by atoms with Crippen LogP contribution in [-0.2, 0) is 22.9 Å². The van der Waals surface area contributed by atoms with Gasteiger partial charge in [-0.1, -0.05) is 12.1 Å². The summed E-state index contributed by atoms with van der Waals surface area (Å²) in [5.41, 5.74) is -0.299. The Kier molecular flexibility index (Phi) is 7.13. The zero-order valence-electron chi connectivity index (χ0n) is 19.2. The number of ether oxygens (including phenoxy) is 1. The molecule has 1 heterocycles. The highest BCUT2D eigenvalue weighted by molar-refractivity contribution is 7.92. The van der Waals surface area contributed by atoms with Gasteiger partial charge in [-0.15, -0.1) is 0 Å². The molecule has 1 unspecified atom stereocenters. The molecular formula is C23H20F5N3O5S. The van der Waals surface area contributed by atoms with Gasteiger partial charge in [0.15, 0.2) is 17.3 Å². The van der Waals surface area contributed by atoms with Gasteiger partial charge in [0.1, 0.15) is 17.7 Å². The predicted octanol–water partition coefficient (Wildman–Crippen LogP) is 4.68. The molecule has 1 amide bonds. The van der Waals surface area contributed by atoms with E-state index in [2.05, 4.69) is 10.3 Å². The van der Waals surface area contributed by atoms with Crippen molar-refractivity contribution in [3.8, 4) is 11.8 Å². The number of carbonyl (C=O) groups is 1. The van der Waals surface area contributed by atoms with E-state index in [0.29, 0.717) is 5.56 Å². The lowest BCUT2D eigenvalue weighted by Crippen LogP contribution is -2.26. The number of alkyl halides is 3. The van der Waals surface area contributed by atoms with Gasteiger partial charge in [-0.2, -0.15) is 18.2 Å². The number of anilines is 1. The molecule has 0 saturated heterocycles. The zero-order chi connectivity index (χ0) is 27.0. The summed E-state index contributed by atoms with van der Waals surface area (Å²) < 4.78 is 103. The number of hydrogen-bond acceptors (Lipinski definition) is 6. The monoisotopic (exact) mass is 545 g/mol. The van der Waals surface area contributed by atoms with Crippen LogP contribution in [0.3, 0.4) is 0 Å². The lowest BCUT2D eigenvalue weighted by Gasteiger charge is -2.15. The highest BCUT2D eigenvalue weighted by Gasteiger charge is 2.45. The Balaban J connectivity index is 1.36. The van der Waals surface area contributed by atoms with Crippen molar-refractivity contribution in [3.05, 3.63) is 70.6 Å². The van der Waals surface area contributed by atoms with Gasteiger partial charge in [0.25, 0.3) is 5.91 Å². The number of fused-ring (bicyclic) bond motifs is 1. The van der Waals surface area contributed by atoms with Gasteiger partial charge in [0, 0.05) is 6.54 Å². The standard InChI is InChI=1S/C23H20F5N3O5S/c1-37(33,34)31-20-16(24)9-12(10-17(20)25)7-8-29-21(32)18-11-35-22(30-18)36-19-4-2-3-13-14(19)5-6-15(13)23(26,27)28/h2-4,9-11,15,31H,5-8H2,1H3,(H,29,32). The first-order chi connectivity index (χ1) is 17.3. The van der Waals surface area contributed by atoms with Crippen LogP contribution in [0.15, 0.2) is 41.0 Å². The summed E-state index contributed by atoms with van der Waals surface area (Å²) in [4.78, 5) is 16.2. The second-order valence-electron chi connectivity index (χ2n) is 8.37. The highest BCUT2D eigenvalue weighted by Crippen LogP contribution is 2.47. The van der Waals surface area contributed by atoms with Crippen LogP contribution < -0.4 is 14.8 Å². The zero-order valence-corrected chi connectivity index (χ0v) is 20.0. The first kappa shape index (κ1) is 26.4. The van der Waals surface area contributed by atoms with E-state index in [1.54, 1.807) is 4.72 Å². The van der Waals surface area contributed by atoms with Gasteiger partial charge < -0.3 is 14.5 Å². The summed E-state index contributed by atoms with van der Waals surface area (Å²) in [5, 5.41) is 2.48. The van der Waals surface area contributed by atoms with Crippen molar-refractivity contribution >= 4 is 21.6 Å². The Labute approximate surface area is 207 Å². The Morgan fingerprint density at radius 2 is 1.92 bits per heavy atom. The quantitative estimate of drug-likeness (QED) is 0.398. The maximum Gasteiger partial charge on any atom is 0.399 e. The van der Waals surface area contributed by atoms with Crippen LogP contribution >= 0.6 is 0 Å². The van der Waals surface area contributed by atoms with E-state index >= 15 is 0 Å². The van der Waals surface area contributed by atoms with Crippen molar-refractivity contribution < 1.29 is 44.3 Å². The minimum absolute atomic E-state index is 0.0104. The Morgan fingerprint density at radius 3 is 2.57 bits per heavy atom. The number of sulfonamides is 1. The lowest BCUT2D eigenvalue weighted by atomic mass is 10.0. The van der Waals surface area contributed by atoms with Gasteiger partial charge in [-0.3, -0.25) is 9.52 Å². The number of nitrogens with zero attached hydrogens (tertiary/aromatic N) is 1. The molecule has 0 spiro atoms. The van der Waals surface area contributed by atoms with Crippen LogP contribution in [0, 0.1) is 11.6 Å². The number of amides is 1. The first-order valence-corrected chi connectivity index (χ1v) is 12.8. The largest absolute Gasteiger partial charge is 0.416 e. The summed E-state index contributed by atoms with van der Waals surface area (Å²) in [7, 11) is -3.88. The van der Waals surface area contributed by atoms with Gasteiger partial charge >= 0.3 is 12.3 Å². The third kappa shape index (κ3) is 6.18. The fraction of sp³-hybridized carbons (Fsp3) is 0.304. The Bertz CT molecular complexity index is 1420. The van der Waals surface area contributed by atoms with Gasteiger partial charge in [-0.05, 0) is 54.2 Å². The van der Waals surface area contributed by atoms with Crippen LogP contribution in [0.2, 0.25) is 0 Å². The molecule has 0 saturated carbocycles. The number of nitrogens with one attached hydrogen (secondary N) is 2. The fourth-order valence-electron chi connectivity index (χ4n) is 4.02. The van der Waals surface area contributed by atoms with Gasteiger partial charge in [0.05, 0.1) is 12.2 Å². The minimum Gasteiger partial charge on any atom is -0.416 e. The maximum absolute atomic E-state index is 14.1. The van der Waals surface area contributed by atoms with Crippen molar-refractivity contribution in [2.45, 2.75) is 31.4 Å². The first-order valence-electron chi connectivity index (χ1n) is 10.9. The van der Waals surface area contributed by atoms with Crippen LogP contribution in [0.5, 0.6) is 11.8 Å². The molecule has 0 radical (unpaired) electrons. The molecule has 1 aliphatic carbocycles. The predicted molar refractivity (Wildman–Crippen MR) is 121 cm³/mol. The molecule has 4 rings (SSSR count). The molecule has 0 aliphatic heterocycles. The molecule has 1 atom stereocenters. The molecule has 1 aliphatic rings. The number of benzene rings is 2. The van der Waals surface area contributed by atoms with Crippen molar-refractivity contribution in [1.29, 1.82) is 0 Å². The normalized spacial score (nSPS) is 15.4. The third-order valence-electron chi connectivity index (χ3n) is 5.62. The van der Waals surface area contributed by atoms with E-state index < -0.39 is 45.3 Å². The van der Waals surface area contributed by atoms with E-state index in [1.165, 1.54) is 18.2 Å². The van der Waals surface area contributed by atoms with E-state index in [-0.39, 0.29) is 54.5 Å². The van der Waals surface area contributed by atoms with Gasteiger partial charge in [0.2, 0.25) is 10.0 Å². The molecule has 8 nitrogen and oxygen atoms in total. The number of hydrogen-bond donors (Lipinski definition) is 2. The summed E-state index contributed by atoms with van der Waals surface area (Å²) in [6.07, 6.45) is -2.88. The molecular weight excluding hydrogens is 525 g/mol. The molecule has 14 heteroatoms. The number of oxazole rings is 1. The van der Waals surface area contributed by atoms with Crippen molar-refractivity contribution in [1.82, 2.24) is 10.3 Å². The maximum atomic E-state index is 14.1. The molecule has 0 bridgehead atoms. The van der Waals surface area contributed by atoms with E-state index in [0.717, 1.165) is 24.7 Å². The third-order valence-corrected chi connectivity index (χ3v) is 6.20. The number of carbonyl (C=O) groups excluding carboxylic acids is 1. The molecule has 1 aromatic heterocycles. The summed E-state index contributed by atoms with van der Waals surface area (Å²) in [5.74, 6) is -4.34. The topological polar surface area (TPSA) is 111 Å². The molecule has 3 aromatic rings. The average molecular weight is 545 g/mol. The molecule has 0 fully saturated rings. The van der Waals surface area contributed by atoms with Crippen LogP contribution in [0.25, 0.3) is 0 Å². The van der Waals surface area contributed by atoms with Crippen molar-refractivity contribution in [2.75, 3.05) is 17.5 Å². The smallest absolute Gasteiger partial charge is 0.399 e. The van der Waals surface area contributed by atoms with Crippen LogP contribution in [0.4, 0.5) is 27.6 Å². The average Bonchev–Trinajstić information content (AvgIpc) is 3.43. The molecule has 198 valence electrons. The van der Waals surface area contributed by atoms with E-state index in [4.69, 9.17) is 9.15 Å². The Hall–Kier alpha value is -3.68. The molecule has 37 heavy (non-hydrogen) atoms. The second-order valence-corrected chi connectivity index (χ2v) is 10.1. The van der Waals surface area contributed by atoms with Crippen molar-refractivity contribution in [2.24, 2.45) is 0 Å². The van der Waals surface area contributed by atoms with Crippen LogP contribution in [0.1, 0.15) is 39.5 Å². The molecule has 2 aromatic carbocycles. The van der Waals surface area contributed by atoms with Gasteiger partial charge in [-0.25, -0.2) is 17.2 Å². The SMILES string of the molecule is CS(=O)(=O)Nc1c(F)cc(CCNC(=O)c2coc(Oc3cccc4c3CCC4C(F)(F)F)n2)cc1F. The minimum atomic E-state index is -4.37. The number of halogens is 5. The Morgan fingerprint density at radius 1 is 1.22 bits per heavy atom.